The molecule has 1 aliphatic heterocycles. The number of carbonyl (C=O) groups is 1. The quantitative estimate of drug-likeness (QED) is 0.491. The highest BCUT2D eigenvalue weighted by Crippen LogP contribution is 2.29. The number of amides is 1. The SMILES string of the molecule is Cc1ccc(CN(C)C(=O)C2CCCN(Cc3nc(-c4ccc(Cl)cc4Cl)no3)C2)cc1. The van der Waals surface area contributed by atoms with Gasteiger partial charge in [-0.3, -0.25) is 9.69 Å². The van der Waals surface area contributed by atoms with Gasteiger partial charge in [-0.05, 0) is 50.1 Å². The van der Waals surface area contributed by atoms with Gasteiger partial charge in [-0.2, -0.15) is 4.98 Å². The van der Waals surface area contributed by atoms with Gasteiger partial charge < -0.3 is 9.42 Å². The molecule has 4 rings (SSSR count). The minimum atomic E-state index is -0.0349. The lowest BCUT2D eigenvalue weighted by molar-refractivity contribution is -0.136. The van der Waals surface area contributed by atoms with Crippen molar-refractivity contribution in [2.75, 3.05) is 20.1 Å². The highest BCUT2D eigenvalue weighted by atomic mass is 35.5. The molecule has 1 atom stereocenters. The first-order valence-corrected chi connectivity index (χ1v) is 11.5. The summed E-state index contributed by atoms with van der Waals surface area (Å²) in [6.45, 7) is 4.75. The standard InChI is InChI=1S/C24H26Cl2N4O2/c1-16-5-7-17(8-6-16)13-29(2)24(31)18-4-3-11-30(14-18)15-22-27-23(28-32-22)20-10-9-19(25)12-21(20)26/h5-10,12,18H,3-4,11,13-15H2,1-2H3. The number of hydrogen-bond donors (Lipinski definition) is 0. The fraction of sp³-hybridized carbons (Fsp3) is 0.375. The first kappa shape index (κ1) is 22.8. The Kier molecular flexibility index (Phi) is 7.13. The van der Waals surface area contributed by atoms with Crippen LogP contribution in [0.3, 0.4) is 0 Å². The third-order valence-corrected chi connectivity index (χ3v) is 6.32. The molecule has 1 unspecified atom stereocenters. The zero-order chi connectivity index (χ0) is 22.7. The molecule has 168 valence electrons. The van der Waals surface area contributed by atoms with Crippen LogP contribution in [0.15, 0.2) is 47.0 Å². The molecule has 0 saturated carbocycles. The third kappa shape index (κ3) is 5.49. The number of hydrogen-bond acceptors (Lipinski definition) is 5. The Bertz CT molecular complexity index is 1080. The predicted octanol–water partition coefficient (Wildman–Crippen LogP) is 5.22. The molecule has 2 heterocycles. The Morgan fingerprint density at radius 1 is 1.22 bits per heavy atom. The van der Waals surface area contributed by atoms with Crippen LogP contribution in [0.5, 0.6) is 0 Å². The third-order valence-electron chi connectivity index (χ3n) is 5.77. The van der Waals surface area contributed by atoms with Gasteiger partial charge in [0, 0.05) is 30.7 Å². The molecule has 2 aromatic carbocycles. The molecule has 0 spiro atoms. The van der Waals surface area contributed by atoms with Crippen LogP contribution in [-0.4, -0.2) is 46.0 Å². The van der Waals surface area contributed by atoms with E-state index in [0.29, 0.717) is 47.0 Å². The lowest BCUT2D eigenvalue weighted by Gasteiger charge is -2.33. The van der Waals surface area contributed by atoms with Crippen LogP contribution in [0.4, 0.5) is 0 Å². The summed E-state index contributed by atoms with van der Waals surface area (Å²) in [4.78, 5) is 21.6. The van der Waals surface area contributed by atoms with Crippen molar-refractivity contribution >= 4 is 29.1 Å². The molecule has 1 aromatic heterocycles. The molecule has 8 heteroatoms. The van der Waals surface area contributed by atoms with Crippen LogP contribution < -0.4 is 0 Å². The van der Waals surface area contributed by atoms with E-state index >= 15 is 0 Å². The molecule has 1 saturated heterocycles. The van der Waals surface area contributed by atoms with Crippen LogP contribution in [0.2, 0.25) is 10.0 Å². The van der Waals surface area contributed by atoms with E-state index in [1.54, 1.807) is 18.2 Å². The van der Waals surface area contributed by atoms with Gasteiger partial charge in [-0.1, -0.05) is 58.2 Å². The Labute approximate surface area is 198 Å². The van der Waals surface area contributed by atoms with Gasteiger partial charge in [0.15, 0.2) is 0 Å². The summed E-state index contributed by atoms with van der Waals surface area (Å²) in [5, 5.41) is 5.09. The van der Waals surface area contributed by atoms with Gasteiger partial charge in [-0.15, -0.1) is 0 Å². The average molecular weight is 473 g/mol. The maximum Gasteiger partial charge on any atom is 0.241 e. The van der Waals surface area contributed by atoms with E-state index in [4.69, 9.17) is 27.7 Å². The normalized spacial score (nSPS) is 16.8. The second-order valence-electron chi connectivity index (χ2n) is 8.39. The second-order valence-corrected chi connectivity index (χ2v) is 9.23. The monoisotopic (exact) mass is 472 g/mol. The summed E-state index contributed by atoms with van der Waals surface area (Å²) in [5.41, 5.74) is 3.03. The maximum absolute atomic E-state index is 13.0. The minimum absolute atomic E-state index is 0.0349. The fourth-order valence-corrected chi connectivity index (χ4v) is 4.54. The van der Waals surface area contributed by atoms with Crippen molar-refractivity contribution in [2.45, 2.75) is 32.9 Å². The van der Waals surface area contributed by atoms with E-state index in [1.165, 1.54) is 5.56 Å². The van der Waals surface area contributed by atoms with Crippen LogP contribution in [0.1, 0.15) is 29.9 Å². The highest BCUT2D eigenvalue weighted by molar-refractivity contribution is 6.36. The molecule has 1 fully saturated rings. The van der Waals surface area contributed by atoms with Crippen molar-refractivity contribution in [2.24, 2.45) is 5.92 Å². The van der Waals surface area contributed by atoms with Crippen molar-refractivity contribution in [3.05, 3.63) is 69.5 Å². The molecule has 3 aromatic rings. The predicted molar refractivity (Wildman–Crippen MR) is 125 cm³/mol. The molecule has 6 nitrogen and oxygen atoms in total. The van der Waals surface area contributed by atoms with Crippen LogP contribution >= 0.6 is 23.2 Å². The van der Waals surface area contributed by atoms with Crippen LogP contribution in [0, 0.1) is 12.8 Å². The lowest BCUT2D eigenvalue weighted by atomic mass is 9.96. The summed E-state index contributed by atoms with van der Waals surface area (Å²) >= 11 is 12.2. The Hall–Kier alpha value is -2.41. The van der Waals surface area contributed by atoms with Crippen LogP contribution in [0.25, 0.3) is 11.4 Å². The summed E-state index contributed by atoms with van der Waals surface area (Å²) in [7, 11) is 1.88. The number of likely N-dealkylation sites (tertiary alicyclic amines) is 1. The number of rotatable bonds is 6. The molecular formula is C24H26Cl2N4O2. The Morgan fingerprint density at radius 2 is 2.00 bits per heavy atom. The van der Waals surface area contributed by atoms with Crippen molar-refractivity contribution in [3.63, 3.8) is 0 Å². The first-order valence-electron chi connectivity index (χ1n) is 10.7. The fourth-order valence-electron chi connectivity index (χ4n) is 4.05. The summed E-state index contributed by atoms with van der Waals surface area (Å²) in [6, 6.07) is 13.5. The Balaban J connectivity index is 1.36. The number of aryl methyl sites for hydroxylation is 1. The largest absolute Gasteiger partial charge is 0.341 e. The molecule has 1 amide bonds. The van der Waals surface area contributed by atoms with Gasteiger partial charge in [0.25, 0.3) is 0 Å². The van der Waals surface area contributed by atoms with E-state index in [2.05, 4.69) is 46.2 Å². The van der Waals surface area contributed by atoms with Crippen molar-refractivity contribution in [3.8, 4) is 11.4 Å². The van der Waals surface area contributed by atoms with Gasteiger partial charge >= 0.3 is 0 Å². The number of carbonyl (C=O) groups excluding carboxylic acids is 1. The van der Waals surface area contributed by atoms with E-state index in [9.17, 15) is 4.79 Å². The number of nitrogens with zero attached hydrogens (tertiary/aromatic N) is 4. The van der Waals surface area contributed by atoms with Gasteiger partial charge in [0.1, 0.15) is 0 Å². The highest BCUT2D eigenvalue weighted by Gasteiger charge is 2.29. The van der Waals surface area contributed by atoms with E-state index in [1.807, 2.05) is 11.9 Å². The smallest absolute Gasteiger partial charge is 0.241 e. The van der Waals surface area contributed by atoms with Gasteiger partial charge in [0.2, 0.25) is 17.6 Å². The number of halogens is 2. The summed E-state index contributed by atoms with van der Waals surface area (Å²) in [6.07, 6.45) is 1.85. The van der Waals surface area contributed by atoms with Crippen molar-refractivity contribution in [1.29, 1.82) is 0 Å². The molecule has 1 aliphatic rings. The number of benzene rings is 2. The van der Waals surface area contributed by atoms with E-state index in [-0.39, 0.29) is 11.8 Å². The minimum Gasteiger partial charge on any atom is -0.341 e. The average Bonchev–Trinajstić information content (AvgIpc) is 3.23. The summed E-state index contributed by atoms with van der Waals surface area (Å²) < 4.78 is 5.45. The maximum atomic E-state index is 13.0. The zero-order valence-corrected chi connectivity index (χ0v) is 19.7. The molecular weight excluding hydrogens is 447 g/mol. The van der Waals surface area contributed by atoms with Crippen molar-refractivity contribution in [1.82, 2.24) is 19.9 Å². The molecule has 0 aliphatic carbocycles. The van der Waals surface area contributed by atoms with E-state index < -0.39 is 0 Å². The molecule has 32 heavy (non-hydrogen) atoms. The molecule has 0 N–H and O–H groups in total. The number of aromatic nitrogens is 2. The molecule has 0 radical (unpaired) electrons. The first-order chi connectivity index (χ1) is 15.4. The van der Waals surface area contributed by atoms with Gasteiger partial charge in [0.05, 0.1) is 17.5 Å². The Morgan fingerprint density at radius 3 is 2.75 bits per heavy atom. The van der Waals surface area contributed by atoms with Crippen LogP contribution in [-0.2, 0) is 17.9 Å². The molecule has 0 bridgehead atoms. The topological polar surface area (TPSA) is 62.5 Å². The number of piperidine rings is 1. The summed E-state index contributed by atoms with van der Waals surface area (Å²) in [5.74, 6) is 1.08. The van der Waals surface area contributed by atoms with Crippen molar-refractivity contribution < 1.29 is 9.32 Å². The van der Waals surface area contributed by atoms with Gasteiger partial charge in [-0.25, -0.2) is 0 Å². The van der Waals surface area contributed by atoms with E-state index in [0.717, 1.165) is 24.9 Å². The zero-order valence-electron chi connectivity index (χ0n) is 18.2. The second kappa shape index (κ2) is 10.0. The lowest BCUT2D eigenvalue weighted by Crippen LogP contribution is -2.43.